The van der Waals surface area contributed by atoms with E-state index in [2.05, 4.69) is 18.8 Å². The second-order valence-corrected chi connectivity index (χ2v) is 5.18. The zero-order valence-electron chi connectivity index (χ0n) is 12.5. The highest BCUT2D eigenvalue weighted by molar-refractivity contribution is 5.66. The molecule has 0 saturated heterocycles. The van der Waals surface area contributed by atoms with Gasteiger partial charge in [0.15, 0.2) is 0 Å². The van der Waals surface area contributed by atoms with Gasteiger partial charge in [0.2, 0.25) is 0 Å². The van der Waals surface area contributed by atoms with Gasteiger partial charge >= 0.3 is 5.97 Å². The fourth-order valence-electron chi connectivity index (χ4n) is 2.01. The largest absolute Gasteiger partial charge is 0.481 e. The SMILES string of the molecule is CCCCCCCCCC#CCCCCCC(=O)O. The van der Waals surface area contributed by atoms with Crippen LogP contribution in [0.15, 0.2) is 0 Å². The molecule has 0 spiro atoms. The molecule has 0 aliphatic heterocycles. The third kappa shape index (κ3) is 17.0. The van der Waals surface area contributed by atoms with Crippen LogP contribution in [-0.2, 0) is 4.79 Å². The Bertz CT molecular complexity index is 260. The van der Waals surface area contributed by atoms with E-state index in [0.717, 1.165) is 32.1 Å². The summed E-state index contributed by atoms with van der Waals surface area (Å²) in [4.78, 5) is 10.3. The van der Waals surface area contributed by atoms with Gasteiger partial charge in [-0.25, -0.2) is 0 Å². The lowest BCUT2D eigenvalue weighted by Crippen LogP contribution is -1.93. The summed E-state index contributed by atoms with van der Waals surface area (Å²) in [6, 6.07) is 0. The Morgan fingerprint density at radius 2 is 1.26 bits per heavy atom. The molecule has 0 aromatic carbocycles. The van der Waals surface area contributed by atoms with E-state index < -0.39 is 5.97 Å². The van der Waals surface area contributed by atoms with Crippen LogP contribution in [0.5, 0.6) is 0 Å². The Morgan fingerprint density at radius 1 is 0.789 bits per heavy atom. The zero-order valence-corrected chi connectivity index (χ0v) is 12.5. The highest BCUT2D eigenvalue weighted by Crippen LogP contribution is 2.08. The monoisotopic (exact) mass is 266 g/mol. The molecule has 0 unspecified atom stereocenters. The molecule has 110 valence electrons. The summed E-state index contributed by atoms with van der Waals surface area (Å²) in [6.07, 6.45) is 14.4. The van der Waals surface area contributed by atoms with E-state index >= 15 is 0 Å². The van der Waals surface area contributed by atoms with Crippen molar-refractivity contribution in [3.63, 3.8) is 0 Å². The van der Waals surface area contributed by atoms with Crippen LogP contribution in [-0.4, -0.2) is 11.1 Å². The summed E-state index contributed by atoms with van der Waals surface area (Å²) >= 11 is 0. The van der Waals surface area contributed by atoms with Gasteiger partial charge in [-0.3, -0.25) is 4.79 Å². The van der Waals surface area contributed by atoms with E-state index in [1.165, 1.54) is 44.9 Å². The standard InChI is InChI=1S/C17H30O2/c1-2-3-4-5-6-7-8-9-10-11-12-13-14-15-16-17(18)19/h2-9,12-16H2,1H3,(H,18,19). The second kappa shape index (κ2) is 15.1. The maximum atomic E-state index is 10.3. The van der Waals surface area contributed by atoms with E-state index in [9.17, 15) is 4.79 Å². The van der Waals surface area contributed by atoms with Crippen molar-refractivity contribution in [2.75, 3.05) is 0 Å². The van der Waals surface area contributed by atoms with Crippen molar-refractivity contribution < 1.29 is 9.90 Å². The van der Waals surface area contributed by atoms with E-state index in [0.29, 0.717) is 6.42 Å². The van der Waals surface area contributed by atoms with E-state index in [1.807, 2.05) is 0 Å². The first kappa shape index (κ1) is 18.0. The maximum absolute atomic E-state index is 10.3. The fraction of sp³-hybridized carbons (Fsp3) is 0.824. The van der Waals surface area contributed by atoms with Crippen LogP contribution in [0.2, 0.25) is 0 Å². The van der Waals surface area contributed by atoms with Crippen LogP contribution < -0.4 is 0 Å². The van der Waals surface area contributed by atoms with Crippen LogP contribution in [0.25, 0.3) is 0 Å². The molecule has 0 aromatic rings. The Hall–Kier alpha value is -0.970. The summed E-state index contributed by atoms with van der Waals surface area (Å²) in [5, 5.41) is 8.48. The van der Waals surface area contributed by atoms with Gasteiger partial charge in [0, 0.05) is 19.3 Å². The van der Waals surface area contributed by atoms with Gasteiger partial charge in [-0.2, -0.15) is 0 Å². The molecule has 2 nitrogen and oxygen atoms in total. The molecule has 19 heavy (non-hydrogen) atoms. The molecular weight excluding hydrogens is 236 g/mol. The van der Waals surface area contributed by atoms with Crippen LogP contribution in [0.1, 0.15) is 90.4 Å². The van der Waals surface area contributed by atoms with Crippen molar-refractivity contribution >= 4 is 5.97 Å². The summed E-state index contributed by atoms with van der Waals surface area (Å²) in [6.45, 7) is 2.25. The van der Waals surface area contributed by atoms with Gasteiger partial charge in [-0.15, -0.1) is 11.8 Å². The number of carbonyl (C=O) groups is 1. The molecule has 0 radical (unpaired) electrons. The smallest absolute Gasteiger partial charge is 0.303 e. The van der Waals surface area contributed by atoms with Gasteiger partial charge < -0.3 is 5.11 Å². The number of rotatable bonds is 12. The Labute approximate surface area is 119 Å². The van der Waals surface area contributed by atoms with Gasteiger partial charge in [-0.05, 0) is 19.3 Å². The average molecular weight is 266 g/mol. The molecule has 0 saturated carbocycles. The number of hydrogen-bond donors (Lipinski definition) is 1. The van der Waals surface area contributed by atoms with Crippen molar-refractivity contribution in [1.82, 2.24) is 0 Å². The molecule has 0 aromatic heterocycles. The first-order valence-corrected chi connectivity index (χ1v) is 7.95. The van der Waals surface area contributed by atoms with Crippen LogP contribution in [0.4, 0.5) is 0 Å². The molecular formula is C17H30O2. The van der Waals surface area contributed by atoms with Crippen molar-refractivity contribution in [3.05, 3.63) is 0 Å². The first-order valence-electron chi connectivity index (χ1n) is 7.95. The molecule has 0 aliphatic rings. The summed E-state index contributed by atoms with van der Waals surface area (Å²) in [5.74, 6) is 5.72. The Morgan fingerprint density at radius 3 is 1.79 bits per heavy atom. The second-order valence-electron chi connectivity index (χ2n) is 5.18. The van der Waals surface area contributed by atoms with Crippen LogP contribution in [0.3, 0.4) is 0 Å². The van der Waals surface area contributed by atoms with E-state index in [-0.39, 0.29) is 0 Å². The predicted octanol–water partition coefficient (Wildman–Crippen LogP) is 5.17. The number of aliphatic carboxylic acids is 1. The molecule has 0 rings (SSSR count). The van der Waals surface area contributed by atoms with E-state index in [4.69, 9.17) is 5.11 Å². The quantitative estimate of drug-likeness (QED) is 0.391. The average Bonchev–Trinajstić information content (AvgIpc) is 2.39. The highest BCUT2D eigenvalue weighted by atomic mass is 16.4. The normalized spacial score (nSPS) is 9.95. The van der Waals surface area contributed by atoms with Gasteiger partial charge in [-0.1, -0.05) is 51.9 Å². The summed E-state index contributed by atoms with van der Waals surface area (Å²) in [7, 11) is 0. The Kier molecular flexibility index (Phi) is 14.3. The summed E-state index contributed by atoms with van der Waals surface area (Å²) < 4.78 is 0. The molecule has 0 bridgehead atoms. The van der Waals surface area contributed by atoms with Crippen molar-refractivity contribution in [2.45, 2.75) is 90.4 Å². The lowest BCUT2D eigenvalue weighted by atomic mass is 10.1. The van der Waals surface area contributed by atoms with E-state index in [1.54, 1.807) is 0 Å². The van der Waals surface area contributed by atoms with Crippen molar-refractivity contribution in [3.8, 4) is 11.8 Å². The maximum Gasteiger partial charge on any atom is 0.303 e. The fourth-order valence-corrected chi connectivity index (χ4v) is 2.01. The van der Waals surface area contributed by atoms with Crippen LogP contribution >= 0.6 is 0 Å². The number of unbranched alkanes of at least 4 members (excludes halogenated alkanes) is 10. The summed E-state index contributed by atoms with van der Waals surface area (Å²) in [5.41, 5.74) is 0. The molecule has 0 fully saturated rings. The van der Waals surface area contributed by atoms with Gasteiger partial charge in [0.25, 0.3) is 0 Å². The minimum absolute atomic E-state index is 0.297. The number of hydrogen-bond acceptors (Lipinski definition) is 1. The van der Waals surface area contributed by atoms with Gasteiger partial charge in [0.1, 0.15) is 0 Å². The first-order chi connectivity index (χ1) is 9.27. The number of carboxylic acid groups (broad SMARTS) is 1. The lowest BCUT2D eigenvalue weighted by molar-refractivity contribution is -0.137. The Balaban J connectivity index is 3.12. The van der Waals surface area contributed by atoms with Crippen molar-refractivity contribution in [1.29, 1.82) is 0 Å². The molecule has 0 aliphatic carbocycles. The molecule has 2 heteroatoms. The predicted molar refractivity (Wildman–Crippen MR) is 81.1 cm³/mol. The minimum atomic E-state index is -0.690. The third-order valence-electron chi connectivity index (χ3n) is 3.22. The highest BCUT2D eigenvalue weighted by Gasteiger charge is 1.94. The van der Waals surface area contributed by atoms with Crippen LogP contribution in [0, 0.1) is 11.8 Å². The molecule has 0 amide bonds. The lowest BCUT2D eigenvalue weighted by Gasteiger charge is -1.98. The van der Waals surface area contributed by atoms with Gasteiger partial charge in [0.05, 0.1) is 0 Å². The van der Waals surface area contributed by atoms with Crippen molar-refractivity contribution in [2.24, 2.45) is 0 Å². The molecule has 0 heterocycles. The third-order valence-corrected chi connectivity index (χ3v) is 3.22. The number of carboxylic acids is 1. The zero-order chi connectivity index (χ0) is 14.2. The molecule has 0 atom stereocenters. The molecule has 1 N–H and O–H groups in total. The minimum Gasteiger partial charge on any atom is -0.481 e. The topological polar surface area (TPSA) is 37.3 Å².